The third-order valence-corrected chi connectivity index (χ3v) is 4.47. The molecule has 0 aliphatic heterocycles. The first-order valence-electron chi connectivity index (χ1n) is 7.95. The number of hydrogen-bond donors (Lipinski definition) is 1. The summed E-state index contributed by atoms with van der Waals surface area (Å²) >= 11 is 0. The van der Waals surface area contributed by atoms with Gasteiger partial charge < -0.3 is 10.2 Å². The van der Waals surface area contributed by atoms with Crippen LogP contribution in [-0.2, 0) is 0 Å². The zero-order valence-electron chi connectivity index (χ0n) is 12.7. The molecule has 0 bridgehead atoms. The Morgan fingerprint density at radius 2 is 2.00 bits per heavy atom. The van der Waals surface area contributed by atoms with Gasteiger partial charge in [-0.1, -0.05) is 31.9 Å². The third kappa shape index (κ3) is 3.95. The lowest BCUT2D eigenvalue weighted by molar-refractivity contribution is 0.282. The molecule has 1 aliphatic carbocycles. The summed E-state index contributed by atoms with van der Waals surface area (Å²) < 4.78 is 13.8. The van der Waals surface area contributed by atoms with Crippen LogP contribution in [0, 0.1) is 11.7 Å². The second-order valence-corrected chi connectivity index (χ2v) is 5.85. The van der Waals surface area contributed by atoms with Gasteiger partial charge in [-0.2, -0.15) is 0 Å². The van der Waals surface area contributed by atoms with Crippen molar-refractivity contribution >= 4 is 5.69 Å². The Hall–Kier alpha value is -1.09. The Labute approximate surface area is 122 Å². The molecule has 2 rings (SSSR count). The van der Waals surface area contributed by atoms with Crippen molar-refractivity contribution in [3.05, 3.63) is 30.1 Å². The molecule has 1 saturated carbocycles. The standard InChI is InChI=1S/C17H27FN2/c1-3-20(17-11-7-5-9-15(17)18)13-12-19-16-10-6-4-8-14(16)2/h5,7,9,11,14,16,19H,3-4,6,8,10,12-13H2,1-2H3. The molecule has 1 N–H and O–H groups in total. The van der Waals surface area contributed by atoms with Crippen molar-refractivity contribution in [2.45, 2.75) is 45.6 Å². The number of halogens is 1. The van der Waals surface area contributed by atoms with Crippen LogP contribution in [0.5, 0.6) is 0 Å². The van der Waals surface area contributed by atoms with Gasteiger partial charge in [-0.3, -0.25) is 0 Å². The quantitative estimate of drug-likeness (QED) is 0.851. The highest BCUT2D eigenvalue weighted by atomic mass is 19.1. The Bertz CT molecular complexity index is 408. The number of nitrogens with zero attached hydrogens (tertiary/aromatic N) is 1. The van der Waals surface area contributed by atoms with Gasteiger partial charge in [0.15, 0.2) is 0 Å². The van der Waals surface area contributed by atoms with E-state index in [0.717, 1.165) is 25.6 Å². The van der Waals surface area contributed by atoms with Gasteiger partial charge in [0.1, 0.15) is 5.82 Å². The van der Waals surface area contributed by atoms with Crippen LogP contribution >= 0.6 is 0 Å². The highest BCUT2D eigenvalue weighted by molar-refractivity contribution is 5.47. The number of para-hydroxylation sites is 1. The molecule has 2 nitrogen and oxygen atoms in total. The van der Waals surface area contributed by atoms with E-state index >= 15 is 0 Å². The van der Waals surface area contributed by atoms with E-state index in [4.69, 9.17) is 0 Å². The van der Waals surface area contributed by atoms with Gasteiger partial charge in [0, 0.05) is 25.7 Å². The largest absolute Gasteiger partial charge is 0.368 e. The van der Waals surface area contributed by atoms with Gasteiger partial charge in [-0.15, -0.1) is 0 Å². The predicted octanol–water partition coefficient (Wildman–Crippen LogP) is 3.82. The van der Waals surface area contributed by atoms with Gasteiger partial charge in [0.25, 0.3) is 0 Å². The van der Waals surface area contributed by atoms with Crippen molar-refractivity contribution in [1.82, 2.24) is 5.32 Å². The summed E-state index contributed by atoms with van der Waals surface area (Å²) in [7, 11) is 0. The summed E-state index contributed by atoms with van der Waals surface area (Å²) in [6.07, 6.45) is 5.33. The fraction of sp³-hybridized carbons (Fsp3) is 0.647. The van der Waals surface area contributed by atoms with Crippen LogP contribution in [0.3, 0.4) is 0 Å². The molecular formula is C17H27FN2. The highest BCUT2D eigenvalue weighted by Crippen LogP contribution is 2.23. The Kier molecular flexibility index (Phi) is 5.84. The SMILES string of the molecule is CCN(CCNC1CCCCC1C)c1ccccc1F. The number of likely N-dealkylation sites (N-methyl/N-ethyl adjacent to an activating group) is 1. The van der Waals surface area contributed by atoms with E-state index in [1.807, 2.05) is 12.1 Å². The van der Waals surface area contributed by atoms with Crippen molar-refractivity contribution in [3.8, 4) is 0 Å². The average molecular weight is 278 g/mol. The van der Waals surface area contributed by atoms with E-state index in [2.05, 4.69) is 24.1 Å². The smallest absolute Gasteiger partial charge is 0.146 e. The summed E-state index contributed by atoms with van der Waals surface area (Å²) in [4.78, 5) is 2.11. The average Bonchev–Trinajstić information content (AvgIpc) is 2.46. The molecule has 0 heterocycles. The molecule has 0 radical (unpaired) electrons. The zero-order valence-corrected chi connectivity index (χ0v) is 12.7. The van der Waals surface area contributed by atoms with Crippen molar-refractivity contribution in [1.29, 1.82) is 0 Å². The van der Waals surface area contributed by atoms with E-state index in [-0.39, 0.29) is 5.82 Å². The van der Waals surface area contributed by atoms with Gasteiger partial charge in [-0.05, 0) is 37.8 Å². The minimum Gasteiger partial charge on any atom is -0.368 e. The number of hydrogen-bond acceptors (Lipinski definition) is 2. The molecule has 20 heavy (non-hydrogen) atoms. The Morgan fingerprint density at radius 1 is 1.25 bits per heavy atom. The maximum absolute atomic E-state index is 13.8. The normalized spacial score (nSPS) is 22.8. The third-order valence-electron chi connectivity index (χ3n) is 4.47. The van der Waals surface area contributed by atoms with E-state index in [1.54, 1.807) is 6.07 Å². The van der Waals surface area contributed by atoms with Crippen molar-refractivity contribution in [2.75, 3.05) is 24.5 Å². The monoisotopic (exact) mass is 278 g/mol. The second-order valence-electron chi connectivity index (χ2n) is 5.85. The van der Waals surface area contributed by atoms with Crippen molar-refractivity contribution in [2.24, 2.45) is 5.92 Å². The molecule has 0 amide bonds. The lowest BCUT2D eigenvalue weighted by Gasteiger charge is -2.31. The van der Waals surface area contributed by atoms with Crippen LogP contribution in [0.25, 0.3) is 0 Å². The fourth-order valence-electron chi connectivity index (χ4n) is 3.16. The molecule has 1 fully saturated rings. The summed E-state index contributed by atoms with van der Waals surface area (Å²) in [5.41, 5.74) is 0.716. The van der Waals surface area contributed by atoms with Crippen LogP contribution in [0.2, 0.25) is 0 Å². The highest BCUT2D eigenvalue weighted by Gasteiger charge is 2.20. The maximum atomic E-state index is 13.8. The first kappa shape index (κ1) is 15.3. The van der Waals surface area contributed by atoms with Gasteiger partial charge >= 0.3 is 0 Å². The molecule has 1 aliphatic rings. The second kappa shape index (κ2) is 7.63. The molecule has 2 unspecified atom stereocenters. The minimum absolute atomic E-state index is 0.125. The first-order valence-corrected chi connectivity index (χ1v) is 7.95. The molecule has 0 spiro atoms. The Balaban J connectivity index is 1.84. The minimum atomic E-state index is -0.125. The Morgan fingerprint density at radius 3 is 2.70 bits per heavy atom. The molecular weight excluding hydrogens is 251 g/mol. The molecule has 112 valence electrons. The molecule has 1 aromatic carbocycles. The molecule has 0 aromatic heterocycles. The van der Waals surface area contributed by atoms with E-state index in [9.17, 15) is 4.39 Å². The van der Waals surface area contributed by atoms with Crippen LogP contribution in [0.1, 0.15) is 39.5 Å². The number of nitrogens with one attached hydrogen (secondary N) is 1. The van der Waals surface area contributed by atoms with Gasteiger partial charge in [0.2, 0.25) is 0 Å². The van der Waals surface area contributed by atoms with Crippen molar-refractivity contribution < 1.29 is 4.39 Å². The predicted molar refractivity (Wildman–Crippen MR) is 83.7 cm³/mol. The lowest BCUT2D eigenvalue weighted by atomic mass is 9.86. The summed E-state index contributed by atoms with van der Waals surface area (Å²) in [6, 6.07) is 7.69. The van der Waals surface area contributed by atoms with Crippen LogP contribution in [-0.4, -0.2) is 25.7 Å². The number of rotatable bonds is 6. The molecule has 2 atom stereocenters. The summed E-state index contributed by atoms with van der Waals surface area (Å²) in [6.45, 7) is 7.04. The first-order chi connectivity index (χ1) is 9.72. The maximum Gasteiger partial charge on any atom is 0.146 e. The fourth-order valence-corrected chi connectivity index (χ4v) is 3.16. The van der Waals surface area contributed by atoms with Crippen molar-refractivity contribution in [3.63, 3.8) is 0 Å². The molecule has 0 saturated heterocycles. The zero-order chi connectivity index (χ0) is 14.4. The number of anilines is 1. The lowest BCUT2D eigenvalue weighted by Crippen LogP contribution is -2.41. The van der Waals surface area contributed by atoms with E-state index < -0.39 is 0 Å². The number of benzene rings is 1. The summed E-state index contributed by atoms with van der Waals surface area (Å²) in [5.74, 6) is 0.646. The van der Waals surface area contributed by atoms with Crippen LogP contribution < -0.4 is 10.2 Å². The van der Waals surface area contributed by atoms with Gasteiger partial charge in [-0.25, -0.2) is 4.39 Å². The van der Waals surface area contributed by atoms with E-state index in [0.29, 0.717) is 11.7 Å². The van der Waals surface area contributed by atoms with Crippen LogP contribution in [0.15, 0.2) is 24.3 Å². The van der Waals surface area contributed by atoms with Crippen LogP contribution in [0.4, 0.5) is 10.1 Å². The molecule has 1 aromatic rings. The summed E-state index contributed by atoms with van der Waals surface area (Å²) in [5, 5.41) is 3.66. The topological polar surface area (TPSA) is 15.3 Å². The van der Waals surface area contributed by atoms with E-state index in [1.165, 1.54) is 31.7 Å². The van der Waals surface area contributed by atoms with Gasteiger partial charge in [0.05, 0.1) is 5.69 Å². The molecule has 3 heteroatoms.